The van der Waals surface area contributed by atoms with E-state index in [4.69, 9.17) is 4.42 Å². The average molecular weight is 289 g/mol. The van der Waals surface area contributed by atoms with E-state index in [1.807, 2.05) is 32.0 Å². The molecule has 0 saturated carbocycles. The topological polar surface area (TPSA) is 53.7 Å². The molecule has 2 aromatic rings. The van der Waals surface area contributed by atoms with Crippen molar-refractivity contribution >= 4 is 11.0 Å². The van der Waals surface area contributed by atoms with E-state index in [0.29, 0.717) is 18.7 Å². The van der Waals surface area contributed by atoms with Gasteiger partial charge in [-0.25, -0.2) is 4.79 Å². The number of likely N-dealkylation sites (N-methyl/N-ethyl adjacent to an activating group) is 1. The number of hydrogen-bond acceptors (Lipinski definition) is 4. The Bertz CT molecular complexity index is 682. The summed E-state index contributed by atoms with van der Waals surface area (Å²) in [6.45, 7) is 9.56. The lowest BCUT2D eigenvalue weighted by atomic mass is 10.1. The summed E-state index contributed by atoms with van der Waals surface area (Å²) in [5.74, 6) is 0. The van der Waals surface area contributed by atoms with Crippen LogP contribution in [-0.4, -0.2) is 28.7 Å². The van der Waals surface area contributed by atoms with E-state index in [1.165, 1.54) is 0 Å². The second-order valence-electron chi connectivity index (χ2n) is 6.21. The smallest absolute Gasteiger partial charge is 0.336 e. The lowest BCUT2D eigenvalue weighted by molar-refractivity contribution is 0.0354. The van der Waals surface area contributed by atoms with Gasteiger partial charge in [0.15, 0.2) is 0 Å². The van der Waals surface area contributed by atoms with Crippen LogP contribution in [0.3, 0.4) is 0 Å². The second kappa shape index (κ2) is 6.00. The van der Waals surface area contributed by atoms with Crippen molar-refractivity contribution in [3.63, 3.8) is 0 Å². The fourth-order valence-corrected chi connectivity index (χ4v) is 2.54. The van der Waals surface area contributed by atoms with Crippen LogP contribution in [0.15, 0.2) is 33.5 Å². The van der Waals surface area contributed by atoms with Gasteiger partial charge in [0, 0.05) is 24.5 Å². The zero-order valence-corrected chi connectivity index (χ0v) is 13.1. The Morgan fingerprint density at radius 3 is 2.62 bits per heavy atom. The number of hydrogen-bond donors (Lipinski definition) is 1. The van der Waals surface area contributed by atoms with Gasteiger partial charge in [-0.05, 0) is 44.5 Å². The van der Waals surface area contributed by atoms with Crippen LogP contribution in [0.25, 0.3) is 11.0 Å². The van der Waals surface area contributed by atoms with Crippen LogP contribution in [-0.2, 0) is 6.54 Å². The van der Waals surface area contributed by atoms with Crippen LogP contribution in [0.4, 0.5) is 0 Å². The summed E-state index contributed by atoms with van der Waals surface area (Å²) in [5, 5.41) is 10.9. The molecule has 0 radical (unpaired) electrons. The molecule has 0 fully saturated rings. The Kier molecular flexibility index (Phi) is 4.49. The van der Waals surface area contributed by atoms with E-state index >= 15 is 0 Å². The first-order chi connectivity index (χ1) is 9.78. The van der Waals surface area contributed by atoms with Crippen LogP contribution in [0.5, 0.6) is 0 Å². The molecule has 1 heterocycles. The molecule has 1 aromatic carbocycles. The van der Waals surface area contributed by atoms with E-state index in [2.05, 4.69) is 4.90 Å². The molecule has 1 N–H and O–H groups in total. The molecule has 21 heavy (non-hydrogen) atoms. The van der Waals surface area contributed by atoms with Crippen molar-refractivity contribution in [1.29, 1.82) is 0 Å². The van der Waals surface area contributed by atoms with E-state index in [-0.39, 0.29) is 5.63 Å². The Hall–Kier alpha value is -1.65. The van der Waals surface area contributed by atoms with Crippen LogP contribution in [0, 0.1) is 6.92 Å². The standard InChI is InChI=1S/C17H23NO3/c1-5-18(11-17(3,4)20)10-13-9-16(19)21-15-8-12(2)6-7-14(13)15/h6-9,20H,5,10-11H2,1-4H3. The van der Waals surface area contributed by atoms with Crippen molar-refractivity contribution in [2.75, 3.05) is 13.1 Å². The molecule has 4 nitrogen and oxygen atoms in total. The van der Waals surface area contributed by atoms with Crippen molar-refractivity contribution in [2.24, 2.45) is 0 Å². The molecule has 2 rings (SSSR count). The average Bonchev–Trinajstić information content (AvgIpc) is 2.35. The third-order valence-electron chi connectivity index (χ3n) is 3.44. The number of fused-ring (bicyclic) bond motifs is 1. The van der Waals surface area contributed by atoms with Gasteiger partial charge in [0.2, 0.25) is 0 Å². The maximum absolute atomic E-state index is 11.7. The fraction of sp³-hybridized carbons (Fsp3) is 0.471. The molecule has 4 heteroatoms. The maximum atomic E-state index is 11.7. The highest BCUT2D eigenvalue weighted by Crippen LogP contribution is 2.20. The van der Waals surface area contributed by atoms with Gasteiger partial charge in [-0.2, -0.15) is 0 Å². The highest BCUT2D eigenvalue weighted by atomic mass is 16.4. The monoisotopic (exact) mass is 289 g/mol. The first kappa shape index (κ1) is 15.7. The van der Waals surface area contributed by atoms with Gasteiger partial charge in [0.1, 0.15) is 5.58 Å². The second-order valence-corrected chi connectivity index (χ2v) is 6.21. The molecule has 0 aliphatic heterocycles. The Labute approximate surface area is 125 Å². The fourth-order valence-electron chi connectivity index (χ4n) is 2.54. The van der Waals surface area contributed by atoms with Gasteiger partial charge in [-0.15, -0.1) is 0 Å². The van der Waals surface area contributed by atoms with Crippen molar-refractivity contribution in [3.05, 3.63) is 45.8 Å². The quantitative estimate of drug-likeness (QED) is 0.860. The van der Waals surface area contributed by atoms with Crippen molar-refractivity contribution in [3.8, 4) is 0 Å². The SMILES string of the molecule is CCN(Cc1cc(=O)oc2cc(C)ccc12)CC(C)(C)O. The zero-order chi connectivity index (χ0) is 15.6. The van der Waals surface area contributed by atoms with Crippen LogP contribution in [0.1, 0.15) is 31.9 Å². The van der Waals surface area contributed by atoms with E-state index in [9.17, 15) is 9.90 Å². The van der Waals surface area contributed by atoms with E-state index < -0.39 is 5.60 Å². The lowest BCUT2D eigenvalue weighted by Crippen LogP contribution is -2.38. The maximum Gasteiger partial charge on any atom is 0.336 e. The molecule has 0 spiro atoms. The van der Waals surface area contributed by atoms with Crippen LogP contribution in [0.2, 0.25) is 0 Å². The minimum atomic E-state index is -0.762. The number of benzene rings is 1. The molecule has 0 unspecified atom stereocenters. The molecule has 1 aromatic heterocycles. The van der Waals surface area contributed by atoms with Gasteiger partial charge in [0.05, 0.1) is 5.60 Å². The van der Waals surface area contributed by atoms with Gasteiger partial charge < -0.3 is 9.52 Å². The summed E-state index contributed by atoms with van der Waals surface area (Å²) in [6.07, 6.45) is 0. The van der Waals surface area contributed by atoms with Gasteiger partial charge >= 0.3 is 5.63 Å². The van der Waals surface area contributed by atoms with Gasteiger partial charge in [-0.3, -0.25) is 4.90 Å². The summed E-state index contributed by atoms with van der Waals surface area (Å²) in [5.41, 5.74) is 1.53. The van der Waals surface area contributed by atoms with E-state index in [0.717, 1.165) is 23.1 Å². The third-order valence-corrected chi connectivity index (χ3v) is 3.44. The van der Waals surface area contributed by atoms with E-state index in [1.54, 1.807) is 19.9 Å². The molecular formula is C17H23NO3. The summed E-state index contributed by atoms with van der Waals surface area (Å²) < 4.78 is 5.28. The van der Waals surface area contributed by atoms with Crippen LogP contribution < -0.4 is 5.63 Å². The predicted octanol–water partition coefficient (Wildman–Crippen LogP) is 2.69. The molecule has 0 amide bonds. The molecule has 0 bridgehead atoms. The molecule has 0 saturated heterocycles. The Morgan fingerprint density at radius 1 is 1.29 bits per heavy atom. The normalized spacial score (nSPS) is 12.3. The Balaban J connectivity index is 2.39. The summed E-state index contributed by atoms with van der Waals surface area (Å²) in [6, 6.07) is 7.43. The third kappa shape index (κ3) is 4.16. The van der Waals surface area contributed by atoms with Gasteiger partial charge in [0.25, 0.3) is 0 Å². The minimum Gasteiger partial charge on any atom is -0.423 e. The molecule has 0 aliphatic rings. The number of rotatable bonds is 5. The molecule has 0 atom stereocenters. The van der Waals surface area contributed by atoms with Gasteiger partial charge in [-0.1, -0.05) is 19.1 Å². The highest BCUT2D eigenvalue weighted by Gasteiger charge is 2.18. The summed E-state index contributed by atoms with van der Waals surface area (Å²) in [7, 11) is 0. The number of aryl methyl sites for hydroxylation is 1. The molecular weight excluding hydrogens is 266 g/mol. The number of nitrogens with zero attached hydrogens (tertiary/aromatic N) is 1. The molecule has 114 valence electrons. The summed E-state index contributed by atoms with van der Waals surface area (Å²) in [4.78, 5) is 13.9. The van der Waals surface area contributed by atoms with Crippen molar-refractivity contribution in [1.82, 2.24) is 4.90 Å². The van der Waals surface area contributed by atoms with Crippen molar-refractivity contribution in [2.45, 2.75) is 39.8 Å². The number of aliphatic hydroxyl groups is 1. The first-order valence-corrected chi connectivity index (χ1v) is 7.26. The van der Waals surface area contributed by atoms with Crippen molar-refractivity contribution < 1.29 is 9.52 Å². The van der Waals surface area contributed by atoms with Crippen LogP contribution >= 0.6 is 0 Å². The lowest BCUT2D eigenvalue weighted by Gasteiger charge is -2.28. The predicted molar refractivity (Wildman–Crippen MR) is 84.5 cm³/mol. The zero-order valence-electron chi connectivity index (χ0n) is 13.1. The molecule has 0 aliphatic carbocycles. The summed E-state index contributed by atoms with van der Waals surface area (Å²) >= 11 is 0. The highest BCUT2D eigenvalue weighted by molar-refractivity contribution is 5.80. The minimum absolute atomic E-state index is 0.331. The Morgan fingerprint density at radius 2 is 2.00 bits per heavy atom. The largest absolute Gasteiger partial charge is 0.423 e. The first-order valence-electron chi connectivity index (χ1n) is 7.26.